The lowest BCUT2D eigenvalue weighted by atomic mass is 10.00. The van der Waals surface area contributed by atoms with Crippen molar-refractivity contribution in [2.75, 3.05) is 0 Å². The van der Waals surface area contributed by atoms with Crippen LogP contribution >= 0.6 is 22.7 Å². The highest BCUT2D eigenvalue weighted by Crippen LogP contribution is 2.49. The Morgan fingerprint density at radius 1 is 0.156 bits per heavy atom. The molecule has 30 rings (SSSR count). The summed E-state index contributed by atoms with van der Waals surface area (Å²) in [5.41, 5.74) is 30.7. The first-order chi connectivity index (χ1) is 67.0. The van der Waals surface area contributed by atoms with Crippen molar-refractivity contribution in [2.45, 2.75) is 0 Å². The smallest absolute Gasteiger partial charge is 0.160 e. The van der Waals surface area contributed by atoms with E-state index in [-0.39, 0.29) is 0 Å². The van der Waals surface area contributed by atoms with Crippen LogP contribution in [0, 0.1) is 0 Å². The van der Waals surface area contributed by atoms with Gasteiger partial charge in [0.25, 0.3) is 0 Å². The topological polar surface area (TPSA) is 42.7 Å². The Hall–Kier alpha value is -17.3. The monoisotopic (exact) mass is 1750 g/mol. The Morgan fingerprint density at radius 3 is 0.889 bits per heavy atom. The van der Waals surface area contributed by atoms with Crippen LogP contribution in [0.3, 0.4) is 0 Å². The van der Waals surface area contributed by atoms with E-state index >= 15 is 0 Å². The molecule has 0 saturated heterocycles. The second-order valence-electron chi connectivity index (χ2n) is 35.3. The van der Waals surface area contributed by atoms with E-state index < -0.39 is 0 Å². The zero-order chi connectivity index (χ0) is 88.5. The summed E-state index contributed by atoms with van der Waals surface area (Å²) < 4.78 is 26.3. The highest BCUT2D eigenvalue weighted by molar-refractivity contribution is 7.27. The van der Waals surface area contributed by atoms with Crippen LogP contribution in [0.5, 0.6) is 0 Å². The summed E-state index contributed by atoms with van der Waals surface area (Å²) in [5, 5.41) is 22.8. The van der Waals surface area contributed by atoms with Gasteiger partial charge in [-0.25, -0.2) is 0 Å². The van der Waals surface area contributed by atoms with Gasteiger partial charge in [0.05, 0.1) is 66.2 Å². The number of fused-ring (bicyclic) bond motifs is 29. The van der Waals surface area contributed by atoms with Crippen molar-refractivity contribution in [3.8, 4) is 67.5 Å². The van der Waals surface area contributed by atoms with Gasteiger partial charge in [-0.2, -0.15) is 0 Å². The summed E-state index contributed by atoms with van der Waals surface area (Å²) in [6, 6.07) is 172. The average molecular weight is 1760 g/mol. The van der Waals surface area contributed by atoms with E-state index in [2.05, 4.69) is 495 Å². The Bertz CT molecular complexity index is 9880. The van der Waals surface area contributed by atoms with Crippen LogP contribution in [-0.2, 0) is 0 Å². The molecule has 0 bridgehead atoms. The number of benzene rings is 21. The molecule has 0 aliphatic carbocycles. The first kappa shape index (κ1) is 76.5. The minimum Gasteiger partial charge on any atom is -0.454 e. The molecule has 0 amide bonds. The number of rotatable bonds is 9. The van der Waals surface area contributed by atoms with Gasteiger partial charge in [-0.15, -0.1) is 22.7 Å². The molecule has 630 valence electrons. The lowest BCUT2D eigenvalue weighted by Gasteiger charge is -2.09. The second kappa shape index (κ2) is 30.6. The number of para-hydroxylation sites is 10. The minimum atomic E-state index is 0.911. The maximum Gasteiger partial charge on any atom is 0.160 e. The largest absolute Gasteiger partial charge is 0.454 e. The summed E-state index contributed by atoms with van der Waals surface area (Å²) in [6.07, 6.45) is 0. The number of hydrogen-bond donors (Lipinski definition) is 0. The number of nitrogens with zero attached hydrogens (tertiary/aromatic N) is 6. The summed E-state index contributed by atoms with van der Waals surface area (Å²) in [6.45, 7) is 0. The van der Waals surface area contributed by atoms with Gasteiger partial charge >= 0.3 is 0 Å². The molecule has 9 heteroatoms. The molecule has 0 N–H and O–H groups in total. The number of thiophene rings is 2. The minimum absolute atomic E-state index is 0.911. The van der Waals surface area contributed by atoms with E-state index in [0.717, 1.165) is 38.7 Å². The molecule has 0 aliphatic rings. The van der Waals surface area contributed by atoms with Crippen molar-refractivity contribution < 1.29 is 4.42 Å². The van der Waals surface area contributed by atoms with Crippen molar-refractivity contribution >= 4 is 216 Å². The summed E-state index contributed by atoms with van der Waals surface area (Å²) >= 11 is 3.79. The molecule has 7 nitrogen and oxygen atoms in total. The molecule has 0 unspecified atom stereocenters. The molecule has 0 saturated carbocycles. The highest BCUT2D eigenvalue weighted by Gasteiger charge is 2.26. The molecule has 0 spiro atoms. The Balaban J connectivity index is 0.000000101. The number of aromatic nitrogens is 6. The molecule has 21 aromatic carbocycles. The molecule has 0 atom stereocenters. The van der Waals surface area contributed by atoms with Crippen molar-refractivity contribution in [1.82, 2.24) is 27.4 Å². The third-order valence-electron chi connectivity index (χ3n) is 27.9. The summed E-state index contributed by atoms with van der Waals surface area (Å²) in [4.78, 5) is 0. The normalized spacial score (nSPS) is 12.0. The molecule has 9 heterocycles. The predicted octanol–water partition coefficient (Wildman–Crippen LogP) is 35.3. The van der Waals surface area contributed by atoms with Crippen molar-refractivity contribution in [3.63, 3.8) is 0 Å². The van der Waals surface area contributed by atoms with Crippen LogP contribution in [0.25, 0.3) is 261 Å². The molecular formula is C126H78N6OS2. The van der Waals surface area contributed by atoms with Gasteiger partial charge in [0.2, 0.25) is 0 Å². The third kappa shape index (κ3) is 12.1. The highest BCUT2D eigenvalue weighted by atomic mass is 32.1. The second-order valence-corrected chi connectivity index (χ2v) is 37.4. The number of hydrogen-bond acceptors (Lipinski definition) is 3. The maximum atomic E-state index is 6.58. The summed E-state index contributed by atoms with van der Waals surface area (Å²) in [5.74, 6) is 0. The van der Waals surface area contributed by atoms with Gasteiger partial charge < -0.3 is 31.8 Å². The van der Waals surface area contributed by atoms with E-state index in [1.807, 2.05) is 28.7 Å². The van der Waals surface area contributed by atoms with Gasteiger partial charge in [0, 0.05) is 150 Å². The molecule has 135 heavy (non-hydrogen) atoms. The predicted molar refractivity (Wildman–Crippen MR) is 575 cm³/mol. The quantitative estimate of drug-likeness (QED) is 0.142. The number of furan rings is 1. The maximum absolute atomic E-state index is 6.58. The van der Waals surface area contributed by atoms with Crippen molar-refractivity contribution in [1.29, 1.82) is 0 Å². The van der Waals surface area contributed by atoms with E-state index in [1.54, 1.807) is 0 Å². The average Bonchev–Trinajstić information content (AvgIpc) is 1.58. The van der Waals surface area contributed by atoms with Crippen LogP contribution in [0.4, 0.5) is 0 Å². The molecule has 0 aliphatic heterocycles. The molecule has 30 aromatic rings. The van der Waals surface area contributed by atoms with Crippen LogP contribution in [0.2, 0.25) is 0 Å². The zero-order valence-corrected chi connectivity index (χ0v) is 74.6. The fraction of sp³-hybridized carbons (Fsp3) is 0. The van der Waals surface area contributed by atoms with E-state index in [0.29, 0.717) is 0 Å². The fourth-order valence-electron chi connectivity index (χ4n) is 21.9. The van der Waals surface area contributed by atoms with Crippen LogP contribution in [-0.4, -0.2) is 27.4 Å². The zero-order valence-electron chi connectivity index (χ0n) is 72.9. The van der Waals surface area contributed by atoms with E-state index in [4.69, 9.17) is 4.42 Å². The first-order valence-corrected chi connectivity index (χ1v) is 47.7. The molecule has 0 fully saturated rings. The molecular weight excluding hydrogens is 1680 g/mol. The molecule has 0 radical (unpaired) electrons. The van der Waals surface area contributed by atoms with Gasteiger partial charge in [-0.05, 0) is 240 Å². The van der Waals surface area contributed by atoms with Gasteiger partial charge in [-0.1, -0.05) is 267 Å². The Kier molecular flexibility index (Phi) is 17.4. The van der Waals surface area contributed by atoms with Gasteiger partial charge in [0.15, 0.2) is 5.58 Å². The molecule has 9 aromatic heterocycles. The lowest BCUT2D eigenvalue weighted by molar-refractivity contribution is 0.671. The van der Waals surface area contributed by atoms with Crippen LogP contribution in [0.1, 0.15) is 0 Å². The Morgan fingerprint density at radius 2 is 0.444 bits per heavy atom. The van der Waals surface area contributed by atoms with Crippen molar-refractivity contribution in [3.05, 3.63) is 473 Å². The standard InChI is InChI=1S/C42H26N2O.2C42H26N2S/c1-3-11-29(12-4-1)43-37-17-9-7-15-31(37)35-25-27(19-23-38(35)43)28-20-24-39-36(26-28)33-21-22-34-32-16-8-10-18-40(32)45-42(34)41(33)44(39)30-13-5-2-6-14-30;1-3-11-29(12-4-1)43-36-17-9-7-15-31(36)34-25-27(19-22-37(34)43)28-20-23-38-35(26-28)41-39(44(38)30-13-5-2-6-14-30)24-21-33-32-16-8-10-18-40(32)45-42(33)41;1-3-11-29(12-4-1)43-37-17-9-7-15-31(37)33-23-27(19-21-38(33)43)28-20-22-39-34(24-28)35-26-42-36(32-16-8-10-18-41(32)45-42)25-40(35)44(39)30-13-5-2-6-14-30/h3*1-26H. The van der Waals surface area contributed by atoms with Crippen LogP contribution < -0.4 is 0 Å². The van der Waals surface area contributed by atoms with E-state index in [1.165, 1.54) is 222 Å². The van der Waals surface area contributed by atoms with Gasteiger partial charge in [-0.3, -0.25) is 0 Å². The van der Waals surface area contributed by atoms with Gasteiger partial charge in [0.1, 0.15) is 5.58 Å². The summed E-state index contributed by atoms with van der Waals surface area (Å²) in [7, 11) is 0. The SMILES string of the molecule is c1ccc(-n2c3ccccc3c3cc(-c4ccc5c(c4)c4c6sc7ccccc7c6ccc4n5-c4ccccc4)ccc32)cc1.c1ccc(-n2c3ccccc3c3cc(-c4ccc5c(c4)c4cc6sc7ccccc7c6cc4n5-c4ccccc4)ccc32)cc1.c1ccc(-n2c3ccccc3c3cc(-c4ccc5c(c4)c4ccc6c7ccccc7oc6c4n5-c4ccccc4)ccc32)cc1. The Labute approximate surface area is 782 Å². The fourth-order valence-corrected chi connectivity index (χ4v) is 24.3. The first-order valence-electron chi connectivity index (χ1n) is 46.1. The third-order valence-corrected chi connectivity index (χ3v) is 30.2. The van der Waals surface area contributed by atoms with Crippen LogP contribution in [0.15, 0.2) is 478 Å². The van der Waals surface area contributed by atoms with E-state index in [9.17, 15) is 0 Å². The van der Waals surface area contributed by atoms with Crippen molar-refractivity contribution in [2.24, 2.45) is 0 Å². The lowest BCUT2D eigenvalue weighted by Crippen LogP contribution is -1.93.